The van der Waals surface area contributed by atoms with Gasteiger partial charge >= 0.3 is 0 Å². The number of hydrogen-bond donors (Lipinski definition) is 0. The van der Waals surface area contributed by atoms with Crippen LogP contribution in [-0.2, 0) is 5.41 Å². The van der Waals surface area contributed by atoms with Gasteiger partial charge in [0.05, 0.1) is 49.5 Å². The van der Waals surface area contributed by atoms with Crippen LogP contribution in [0.5, 0.6) is 0 Å². The summed E-state index contributed by atoms with van der Waals surface area (Å²) < 4.78 is 9.56. The number of para-hydroxylation sites is 7. The highest BCUT2D eigenvalue weighted by molar-refractivity contribution is 6.14. The van der Waals surface area contributed by atoms with E-state index in [0.717, 1.165) is 5.69 Å². The summed E-state index contributed by atoms with van der Waals surface area (Å²) in [5.74, 6) is 0. The van der Waals surface area contributed by atoms with Crippen molar-refractivity contribution in [3.8, 4) is 67.3 Å². The van der Waals surface area contributed by atoms with E-state index in [9.17, 15) is 0 Å². The average Bonchev–Trinajstić information content (AvgIpc) is 1.55. The van der Waals surface area contributed by atoms with Crippen molar-refractivity contribution in [1.82, 2.24) is 18.3 Å². The molecule has 0 aliphatic heterocycles. The maximum absolute atomic E-state index is 2.46. The van der Waals surface area contributed by atoms with E-state index in [2.05, 4.69) is 407 Å². The summed E-state index contributed by atoms with van der Waals surface area (Å²) in [6.07, 6.45) is 0. The highest BCUT2D eigenvalue weighted by Gasteiger charge is 2.46. The molecule has 0 N–H and O–H groups in total. The fraction of sp³-hybridized carbons (Fsp3) is 0.0103. The first-order chi connectivity index (χ1) is 50.1. The zero-order chi connectivity index (χ0) is 66.5. The fourth-order valence-electron chi connectivity index (χ4n) is 16.9. The molecule has 0 saturated carbocycles. The summed E-state index contributed by atoms with van der Waals surface area (Å²) in [7, 11) is 0. The average molecular weight is 1290 g/mol. The molecule has 0 radical (unpaired) electrons. The second kappa shape index (κ2) is 23.5. The van der Waals surface area contributed by atoms with Gasteiger partial charge in [-0.2, -0.15) is 0 Å². The molecule has 4 heteroatoms. The number of fused-ring (bicyclic) bond motifs is 15. The van der Waals surface area contributed by atoms with Gasteiger partial charge in [0.2, 0.25) is 0 Å². The van der Waals surface area contributed by atoms with Crippen molar-refractivity contribution in [1.29, 1.82) is 0 Å². The normalized spacial score (nSPS) is 12.4. The molecule has 0 spiro atoms. The molecule has 4 heterocycles. The van der Waals surface area contributed by atoms with Gasteiger partial charge in [-0.25, -0.2) is 0 Å². The van der Waals surface area contributed by atoms with Crippen molar-refractivity contribution in [3.63, 3.8) is 0 Å². The number of hydrogen-bond acceptors (Lipinski definition) is 0. The van der Waals surface area contributed by atoms with E-state index < -0.39 is 5.41 Å². The van der Waals surface area contributed by atoms with Crippen LogP contribution in [0.15, 0.2) is 388 Å². The van der Waals surface area contributed by atoms with Crippen LogP contribution in [0, 0.1) is 0 Å². The minimum absolute atomic E-state index is 0.419. The van der Waals surface area contributed by atoms with Gasteiger partial charge in [0, 0.05) is 65.8 Å². The third-order valence-electron chi connectivity index (χ3n) is 21.3. The Hall–Kier alpha value is -13.3. The summed E-state index contributed by atoms with van der Waals surface area (Å²) in [4.78, 5) is 0. The van der Waals surface area contributed by atoms with Crippen LogP contribution in [0.2, 0.25) is 0 Å². The van der Waals surface area contributed by atoms with Crippen molar-refractivity contribution in [2.24, 2.45) is 0 Å². The second-order valence-electron chi connectivity index (χ2n) is 26.7. The zero-order valence-electron chi connectivity index (χ0n) is 55.2. The summed E-state index contributed by atoms with van der Waals surface area (Å²) in [5.41, 5.74) is 29.1. The molecule has 0 saturated heterocycles. The van der Waals surface area contributed by atoms with Crippen LogP contribution in [0.25, 0.3) is 154 Å². The van der Waals surface area contributed by atoms with Gasteiger partial charge in [0.25, 0.3) is 0 Å². The highest BCUT2D eigenvalue weighted by Crippen LogP contribution is 2.57. The first-order valence-corrected chi connectivity index (χ1v) is 34.9. The first kappa shape index (κ1) is 57.9. The predicted molar refractivity (Wildman–Crippen MR) is 424 cm³/mol. The zero-order valence-corrected chi connectivity index (χ0v) is 55.2. The monoisotopic (exact) mass is 1280 g/mol. The Bertz CT molecular complexity index is 6380. The van der Waals surface area contributed by atoms with Crippen LogP contribution in [0.1, 0.15) is 22.3 Å². The minimum atomic E-state index is -0.419. The van der Waals surface area contributed by atoms with E-state index in [-0.39, 0.29) is 0 Å². The lowest BCUT2D eigenvalue weighted by molar-refractivity contribution is 0.768. The third-order valence-corrected chi connectivity index (χ3v) is 21.3. The van der Waals surface area contributed by atoms with Gasteiger partial charge < -0.3 is 18.3 Å². The molecule has 16 aromatic carbocycles. The van der Waals surface area contributed by atoms with Crippen molar-refractivity contribution in [3.05, 3.63) is 411 Å². The molecule has 0 unspecified atom stereocenters. The van der Waals surface area contributed by atoms with E-state index in [1.165, 1.54) is 171 Å². The lowest BCUT2D eigenvalue weighted by Crippen LogP contribution is -2.28. The number of aromatic nitrogens is 4. The van der Waals surface area contributed by atoms with Gasteiger partial charge in [0.15, 0.2) is 0 Å². The molecule has 0 amide bonds. The first-order valence-electron chi connectivity index (χ1n) is 34.9. The molecule has 21 rings (SSSR count). The van der Waals surface area contributed by atoms with Crippen LogP contribution in [-0.4, -0.2) is 18.3 Å². The van der Waals surface area contributed by atoms with E-state index in [1.807, 2.05) is 0 Å². The van der Waals surface area contributed by atoms with E-state index in [0.29, 0.717) is 0 Å². The Balaban J connectivity index is 0.000000140. The molecule has 0 atom stereocenters. The minimum Gasteiger partial charge on any atom is -0.309 e. The summed E-state index contributed by atoms with van der Waals surface area (Å²) in [5, 5.41) is 10.1. The highest BCUT2D eigenvalue weighted by atomic mass is 15.0. The molecule has 0 bridgehead atoms. The van der Waals surface area contributed by atoms with Gasteiger partial charge in [-0.05, 0) is 188 Å². The van der Waals surface area contributed by atoms with Gasteiger partial charge in [-0.15, -0.1) is 0 Å². The number of nitrogens with zero attached hydrogens (tertiary/aromatic N) is 4. The Morgan fingerprint density at radius 1 is 0.158 bits per heavy atom. The molecule has 4 aromatic heterocycles. The summed E-state index contributed by atoms with van der Waals surface area (Å²) in [6.45, 7) is 0. The predicted octanol–water partition coefficient (Wildman–Crippen LogP) is 25.1. The summed E-state index contributed by atoms with van der Waals surface area (Å²) in [6, 6.07) is 142. The number of benzene rings is 16. The molecule has 101 heavy (non-hydrogen) atoms. The van der Waals surface area contributed by atoms with Crippen LogP contribution < -0.4 is 0 Å². The lowest BCUT2D eigenvalue weighted by Gasteiger charge is -2.33. The van der Waals surface area contributed by atoms with Crippen molar-refractivity contribution >= 4 is 87.2 Å². The van der Waals surface area contributed by atoms with Crippen molar-refractivity contribution in [2.75, 3.05) is 0 Å². The second-order valence-corrected chi connectivity index (χ2v) is 26.7. The van der Waals surface area contributed by atoms with E-state index in [1.54, 1.807) is 0 Å². The summed E-state index contributed by atoms with van der Waals surface area (Å²) >= 11 is 0. The molecular weight excluding hydrogens is 1220 g/mol. The lowest BCUT2D eigenvalue weighted by atomic mass is 9.68. The van der Waals surface area contributed by atoms with Crippen LogP contribution in [0.3, 0.4) is 0 Å². The van der Waals surface area contributed by atoms with Crippen LogP contribution >= 0.6 is 0 Å². The Labute approximate surface area is 585 Å². The smallest absolute Gasteiger partial charge is 0.0713 e. The fourth-order valence-corrected chi connectivity index (χ4v) is 16.9. The molecular formula is C97H64N4. The van der Waals surface area contributed by atoms with E-state index in [4.69, 9.17) is 0 Å². The molecule has 1 aliphatic rings. The topological polar surface area (TPSA) is 19.7 Å². The Morgan fingerprint density at radius 3 is 0.792 bits per heavy atom. The van der Waals surface area contributed by atoms with Gasteiger partial charge in [-0.3, -0.25) is 0 Å². The number of rotatable bonds is 9. The van der Waals surface area contributed by atoms with Crippen molar-refractivity contribution in [2.45, 2.75) is 5.41 Å². The Morgan fingerprint density at radius 2 is 0.426 bits per heavy atom. The standard InChI is InChI=1S/C55H36N2.C42H28N2/c1-4-16-39(17-5-1)55(40-18-6-2-7-19-40)49-25-13-10-22-43(49)46-36-42(30-31-50(46)55)57-52-27-15-12-24-45(52)48-35-38(29-33-54(48)57)37-28-32-53-47(34-37)44-23-11-14-26-51(44)56(53)41-20-8-3-9-21-41;1-3-11-33(12-4-1)43-39-17-9-7-15-35(39)37-27-31(23-25-41(37)43)29-19-21-30(22-20-29)32-24-26-42-38(28-32)36-16-8-10-18-40(36)44(42)34-13-5-2-6-14-34/h1-36H;1-28H. The van der Waals surface area contributed by atoms with Crippen LogP contribution in [0.4, 0.5) is 0 Å². The maximum Gasteiger partial charge on any atom is 0.0713 e. The quantitative estimate of drug-likeness (QED) is 0.137. The molecule has 472 valence electrons. The third kappa shape index (κ3) is 9.16. The van der Waals surface area contributed by atoms with Gasteiger partial charge in [0.1, 0.15) is 0 Å². The molecule has 0 fully saturated rings. The molecule has 4 nitrogen and oxygen atoms in total. The van der Waals surface area contributed by atoms with E-state index >= 15 is 0 Å². The SMILES string of the molecule is c1ccc(-n2c3ccccc3c3cc(-c4ccc(-c5ccc6c(c5)c5ccccc5n6-c5ccccc5)cc4)ccc32)cc1.c1ccc(-n2c3ccccc3c3cc(-c4ccc5c(c4)c4ccccc4n5-c4ccc5c(c4)-c4ccccc4C5(c4ccccc4)c4ccccc4)ccc32)cc1. The Kier molecular flexibility index (Phi) is 13.5. The van der Waals surface area contributed by atoms with Crippen molar-refractivity contribution < 1.29 is 0 Å². The molecule has 1 aliphatic carbocycles. The van der Waals surface area contributed by atoms with Gasteiger partial charge in [-0.1, -0.05) is 267 Å². The largest absolute Gasteiger partial charge is 0.309 e. The molecule has 20 aromatic rings. The maximum atomic E-state index is 2.46.